The Balaban J connectivity index is 1.85. The summed E-state index contributed by atoms with van der Waals surface area (Å²) in [6.45, 7) is 0.856. The van der Waals surface area contributed by atoms with Crippen LogP contribution in [-0.2, 0) is 13.0 Å². The molecule has 1 aromatic rings. The van der Waals surface area contributed by atoms with Crippen LogP contribution < -0.4 is 5.73 Å². The van der Waals surface area contributed by atoms with E-state index in [0.29, 0.717) is 5.92 Å². The summed E-state index contributed by atoms with van der Waals surface area (Å²) in [5.41, 5.74) is 5.92. The summed E-state index contributed by atoms with van der Waals surface area (Å²) in [6.07, 6.45) is 7.29. The van der Waals surface area contributed by atoms with E-state index in [1.807, 2.05) is 4.68 Å². The fourth-order valence-electron chi connectivity index (χ4n) is 2.71. The van der Waals surface area contributed by atoms with Crippen LogP contribution in [0.4, 0.5) is 0 Å². The number of hydrogen-bond donors (Lipinski definition) is 1. The number of nitrogens with zero attached hydrogens (tertiary/aromatic N) is 3. The molecule has 2 heterocycles. The number of aryl methyl sites for hydroxylation is 1. The van der Waals surface area contributed by atoms with Gasteiger partial charge in [-0.25, -0.2) is 9.67 Å². The van der Waals surface area contributed by atoms with Gasteiger partial charge in [0.05, 0.1) is 6.54 Å². The quantitative estimate of drug-likeness (QED) is 0.751. The van der Waals surface area contributed by atoms with Crippen molar-refractivity contribution in [1.29, 1.82) is 0 Å². The van der Waals surface area contributed by atoms with Crippen molar-refractivity contribution in [1.82, 2.24) is 14.8 Å². The van der Waals surface area contributed by atoms with Crippen molar-refractivity contribution in [3.05, 3.63) is 11.6 Å². The highest BCUT2D eigenvalue weighted by Crippen LogP contribution is 2.32. The van der Waals surface area contributed by atoms with Crippen molar-refractivity contribution >= 4 is 0 Å². The summed E-state index contributed by atoms with van der Waals surface area (Å²) in [5, 5.41) is 4.61. The Morgan fingerprint density at radius 1 is 1.20 bits per heavy atom. The van der Waals surface area contributed by atoms with Crippen LogP contribution in [0.2, 0.25) is 0 Å². The lowest BCUT2D eigenvalue weighted by Crippen LogP contribution is -2.32. The maximum Gasteiger partial charge on any atom is 0.154 e. The van der Waals surface area contributed by atoms with Gasteiger partial charge in [0, 0.05) is 18.4 Å². The Kier molecular flexibility index (Phi) is 2.24. The molecule has 1 aliphatic heterocycles. The van der Waals surface area contributed by atoms with E-state index in [-0.39, 0.29) is 6.04 Å². The molecule has 1 aliphatic carbocycles. The molecule has 0 aromatic carbocycles. The average molecular weight is 206 g/mol. The van der Waals surface area contributed by atoms with Crippen molar-refractivity contribution < 1.29 is 0 Å². The zero-order valence-electron chi connectivity index (χ0n) is 9.02. The van der Waals surface area contributed by atoms with Crippen LogP contribution in [0.25, 0.3) is 0 Å². The lowest BCUT2D eigenvalue weighted by atomic mass is 10.1. The highest BCUT2D eigenvalue weighted by Gasteiger charge is 2.25. The first-order chi connectivity index (χ1) is 7.33. The second-order valence-corrected chi connectivity index (χ2v) is 4.85. The molecule has 4 heteroatoms. The first kappa shape index (κ1) is 9.33. The lowest BCUT2D eigenvalue weighted by molar-refractivity contribution is 0.420. The van der Waals surface area contributed by atoms with Crippen LogP contribution in [0.1, 0.15) is 49.7 Å². The van der Waals surface area contributed by atoms with E-state index in [1.165, 1.54) is 25.7 Å². The van der Waals surface area contributed by atoms with Crippen LogP contribution >= 0.6 is 0 Å². The molecule has 82 valence electrons. The van der Waals surface area contributed by atoms with E-state index >= 15 is 0 Å². The van der Waals surface area contributed by atoms with Crippen molar-refractivity contribution in [2.75, 3.05) is 0 Å². The summed E-state index contributed by atoms with van der Waals surface area (Å²) in [6, 6.07) is 0.274. The van der Waals surface area contributed by atoms with Crippen molar-refractivity contribution in [3.8, 4) is 0 Å². The minimum Gasteiger partial charge on any atom is -0.326 e. The first-order valence-corrected chi connectivity index (χ1v) is 6.02. The number of hydrogen-bond acceptors (Lipinski definition) is 3. The molecule has 1 aromatic heterocycles. The largest absolute Gasteiger partial charge is 0.326 e. The van der Waals surface area contributed by atoms with E-state index in [2.05, 4.69) is 10.1 Å². The monoisotopic (exact) mass is 206 g/mol. The second kappa shape index (κ2) is 3.59. The predicted molar refractivity (Wildman–Crippen MR) is 57.5 cm³/mol. The Morgan fingerprint density at radius 3 is 2.80 bits per heavy atom. The van der Waals surface area contributed by atoms with Crippen LogP contribution in [0, 0.1) is 0 Å². The van der Waals surface area contributed by atoms with Crippen molar-refractivity contribution in [3.63, 3.8) is 0 Å². The van der Waals surface area contributed by atoms with Gasteiger partial charge in [-0.2, -0.15) is 5.10 Å². The molecular weight excluding hydrogens is 188 g/mol. The number of nitrogens with two attached hydrogens (primary N) is 1. The average Bonchev–Trinajstić information content (AvgIpc) is 2.84. The summed E-state index contributed by atoms with van der Waals surface area (Å²) < 4.78 is 2.03. The molecule has 1 fully saturated rings. The molecule has 0 saturated heterocycles. The maximum absolute atomic E-state index is 5.92. The van der Waals surface area contributed by atoms with Gasteiger partial charge in [-0.05, 0) is 19.3 Å². The Labute approximate surface area is 89.9 Å². The predicted octanol–water partition coefficient (Wildman–Crippen LogP) is 1.21. The topological polar surface area (TPSA) is 56.7 Å². The van der Waals surface area contributed by atoms with Crippen molar-refractivity contribution in [2.24, 2.45) is 5.73 Å². The molecular formula is C11H18N4. The molecule has 2 N–H and O–H groups in total. The fourth-order valence-corrected chi connectivity index (χ4v) is 2.71. The third-order valence-electron chi connectivity index (χ3n) is 3.63. The number of fused-ring (bicyclic) bond motifs is 1. The highest BCUT2D eigenvalue weighted by molar-refractivity contribution is 5.03. The zero-order chi connectivity index (χ0) is 10.3. The minimum absolute atomic E-state index is 0.274. The molecule has 15 heavy (non-hydrogen) atoms. The van der Waals surface area contributed by atoms with Crippen LogP contribution in [0.15, 0.2) is 0 Å². The minimum atomic E-state index is 0.274. The van der Waals surface area contributed by atoms with Gasteiger partial charge in [0.1, 0.15) is 5.82 Å². The third kappa shape index (κ3) is 1.67. The summed E-state index contributed by atoms with van der Waals surface area (Å²) >= 11 is 0. The molecule has 1 atom stereocenters. The molecule has 1 unspecified atom stereocenters. The SMILES string of the molecule is NC1CCc2nc(C3CCCC3)nn2C1. The lowest BCUT2D eigenvalue weighted by Gasteiger charge is -2.17. The van der Waals surface area contributed by atoms with Gasteiger partial charge in [0.25, 0.3) is 0 Å². The van der Waals surface area contributed by atoms with Gasteiger partial charge in [-0.3, -0.25) is 0 Å². The van der Waals surface area contributed by atoms with Gasteiger partial charge in [0.15, 0.2) is 5.82 Å². The number of rotatable bonds is 1. The van der Waals surface area contributed by atoms with Gasteiger partial charge in [-0.1, -0.05) is 12.8 Å². The molecule has 3 rings (SSSR count). The summed E-state index contributed by atoms with van der Waals surface area (Å²) in [7, 11) is 0. The van der Waals surface area contributed by atoms with E-state index in [4.69, 9.17) is 5.73 Å². The van der Waals surface area contributed by atoms with Gasteiger partial charge in [0.2, 0.25) is 0 Å². The molecule has 4 nitrogen and oxygen atoms in total. The summed E-state index contributed by atoms with van der Waals surface area (Å²) in [5.74, 6) is 2.86. The standard InChI is InChI=1S/C11H18N4/c12-9-5-6-10-13-11(14-15(10)7-9)8-3-1-2-4-8/h8-9H,1-7,12H2. The Hall–Kier alpha value is -0.900. The third-order valence-corrected chi connectivity index (χ3v) is 3.63. The highest BCUT2D eigenvalue weighted by atomic mass is 15.4. The fraction of sp³-hybridized carbons (Fsp3) is 0.818. The summed E-state index contributed by atoms with van der Waals surface area (Å²) in [4.78, 5) is 4.66. The van der Waals surface area contributed by atoms with Crippen LogP contribution in [0.3, 0.4) is 0 Å². The van der Waals surface area contributed by atoms with E-state index < -0.39 is 0 Å². The number of aromatic nitrogens is 3. The molecule has 0 radical (unpaired) electrons. The van der Waals surface area contributed by atoms with E-state index in [1.54, 1.807) is 0 Å². The van der Waals surface area contributed by atoms with Crippen molar-refractivity contribution in [2.45, 2.75) is 57.0 Å². The first-order valence-electron chi connectivity index (χ1n) is 6.02. The molecule has 1 saturated carbocycles. The normalized spacial score (nSPS) is 26.9. The van der Waals surface area contributed by atoms with E-state index in [9.17, 15) is 0 Å². The maximum atomic E-state index is 5.92. The second-order valence-electron chi connectivity index (χ2n) is 4.85. The molecule has 0 amide bonds. The van der Waals surface area contributed by atoms with Gasteiger partial charge >= 0.3 is 0 Å². The Morgan fingerprint density at radius 2 is 2.00 bits per heavy atom. The van der Waals surface area contributed by atoms with Gasteiger partial charge in [-0.15, -0.1) is 0 Å². The molecule has 0 spiro atoms. The van der Waals surface area contributed by atoms with Gasteiger partial charge < -0.3 is 5.73 Å². The van der Waals surface area contributed by atoms with Crippen LogP contribution in [0.5, 0.6) is 0 Å². The van der Waals surface area contributed by atoms with E-state index in [0.717, 1.165) is 31.0 Å². The van der Waals surface area contributed by atoms with Crippen LogP contribution in [-0.4, -0.2) is 20.8 Å². The Bertz CT molecular complexity index is 351. The zero-order valence-corrected chi connectivity index (χ0v) is 9.02. The molecule has 0 bridgehead atoms. The molecule has 2 aliphatic rings. The smallest absolute Gasteiger partial charge is 0.154 e.